The van der Waals surface area contributed by atoms with Gasteiger partial charge in [-0.25, -0.2) is 0 Å². The van der Waals surface area contributed by atoms with Crippen molar-refractivity contribution < 1.29 is 4.52 Å². The Hall–Kier alpha value is -0.870. The van der Waals surface area contributed by atoms with Crippen molar-refractivity contribution in [1.82, 2.24) is 15.4 Å². The Labute approximate surface area is 103 Å². The van der Waals surface area contributed by atoms with E-state index in [1.54, 1.807) is 0 Å². The highest BCUT2D eigenvalue weighted by Crippen LogP contribution is 2.22. The normalized spacial score (nSPS) is 22.9. The first-order valence-electron chi connectivity index (χ1n) is 6.33. The molecule has 4 nitrogen and oxygen atoms in total. The molecular weight excluding hydrogens is 214 g/mol. The first-order valence-corrected chi connectivity index (χ1v) is 6.33. The maximum Gasteiger partial charge on any atom is 0.133 e. The topological polar surface area (TPSA) is 41.3 Å². The van der Waals surface area contributed by atoms with Gasteiger partial charge in [0.05, 0.1) is 5.69 Å². The molecule has 4 heteroatoms. The third-order valence-corrected chi connectivity index (χ3v) is 3.37. The Kier molecular flexibility index (Phi) is 3.54. The number of aryl methyl sites for hydroxylation is 1. The molecule has 1 aliphatic rings. The van der Waals surface area contributed by atoms with Crippen molar-refractivity contribution in [3.63, 3.8) is 0 Å². The minimum absolute atomic E-state index is 0.304. The Bertz CT molecular complexity index is 367. The second-order valence-corrected chi connectivity index (χ2v) is 6.04. The summed E-state index contributed by atoms with van der Waals surface area (Å²) in [7, 11) is 0. The second kappa shape index (κ2) is 4.78. The summed E-state index contributed by atoms with van der Waals surface area (Å²) in [5.74, 6) is 0.891. The molecular formula is C13H23N3O. The van der Waals surface area contributed by atoms with Crippen molar-refractivity contribution in [2.24, 2.45) is 5.41 Å². The summed E-state index contributed by atoms with van der Waals surface area (Å²) in [6, 6.07) is 2.57. The average molecular weight is 237 g/mol. The van der Waals surface area contributed by atoms with Crippen LogP contribution in [0.4, 0.5) is 0 Å². The van der Waals surface area contributed by atoms with Crippen molar-refractivity contribution in [1.29, 1.82) is 0 Å². The minimum Gasteiger partial charge on any atom is -0.361 e. The molecule has 1 saturated heterocycles. The Morgan fingerprint density at radius 1 is 1.53 bits per heavy atom. The Balaban J connectivity index is 1.94. The van der Waals surface area contributed by atoms with Crippen LogP contribution in [0.3, 0.4) is 0 Å². The number of nitrogens with one attached hydrogen (secondary N) is 1. The first-order chi connectivity index (χ1) is 7.95. The highest BCUT2D eigenvalue weighted by Gasteiger charge is 2.29. The molecule has 0 amide bonds. The van der Waals surface area contributed by atoms with Gasteiger partial charge >= 0.3 is 0 Å². The lowest BCUT2D eigenvalue weighted by molar-refractivity contribution is 0.127. The highest BCUT2D eigenvalue weighted by atomic mass is 16.5. The van der Waals surface area contributed by atoms with Crippen LogP contribution in [0.1, 0.15) is 32.2 Å². The lowest BCUT2D eigenvalue weighted by Gasteiger charge is -2.40. The fourth-order valence-corrected chi connectivity index (χ4v) is 2.26. The highest BCUT2D eigenvalue weighted by molar-refractivity contribution is 5.04. The number of aromatic nitrogens is 1. The van der Waals surface area contributed by atoms with Crippen LogP contribution in [-0.2, 0) is 6.54 Å². The number of piperazine rings is 1. The molecule has 0 radical (unpaired) electrons. The minimum atomic E-state index is 0.304. The monoisotopic (exact) mass is 237 g/mol. The van der Waals surface area contributed by atoms with Gasteiger partial charge in [-0.2, -0.15) is 0 Å². The number of hydrogen-bond acceptors (Lipinski definition) is 4. The molecule has 1 aromatic heterocycles. The summed E-state index contributed by atoms with van der Waals surface area (Å²) in [6.45, 7) is 12.9. The fourth-order valence-electron chi connectivity index (χ4n) is 2.26. The zero-order valence-corrected chi connectivity index (χ0v) is 11.3. The van der Waals surface area contributed by atoms with E-state index in [0.717, 1.165) is 37.6 Å². The van der Waals surface area contributed by atoms with E-state index < -0.39 is 0 Å². The van der Waals surface area contributed by atoms with Gasteiger partial charge in [0.2, 0.25) is 0 Å². The van der Waals surface area contributed by atoms with Crippen LogP contribution in [0.25, 0.3) is 0 Å². The molecule has 0 saturated carbocycles. The first kappa shape index (κ1) is 12.6. The van der Waals surface area contributed by atoms with Crippen LogP contribution in [0.5, 0.6) is 0 Å². The van der Waals surface area contributed by atoms with Crippen LogP contribution < -0.4 is 5.32 Å². The molecule has 96 valence electrons. The lowest BCUT2D eigenvalue weighted by Crippen LogP contribution is -2.55. The van der Waals surface area contributed by atoms with Gasteiger partial charge in [-0.05, 0) is 12.3 Å². The SMILES string of the molecule is Cc1cc(CN2CCNC(C(C)(C)C)C2)no1. The smallest absolute Gasteiger partial charge is 0.133 e. The van der Waals surface area contributed by atoms with E-state index in [1.165, 1.54) is 0 Å². The van der Waals surface area contributed by atoms with Gasteiger partial charge in [0.25, 0.3) is 0 Å². The van der Waals surface area contributed by atoms with Crippen molar-refractivity contribution in [2.75, 3.05) is 19.6 Å². The molecule has 1 aliphatic heterocycles. The molecule has 2 heterocycles. The van der Waals surface area contributed by atoms with E-state index in [2.05, 4.69) is 36.1 Å². The van der Waals surface area contributed by atoms with Gasteiger partial charge in [-0.15, -0.1) is 0 Å². The van der Waals surface area contributed by atoms with Crippen molar-refractivity contribution in [3.8, 4) is 0 Å². The third kappa shape index (κ3) is 3.30. The van der Waals surface area contributed by atoms with Crippen LogP contribution in [-0.4, -0.2) is 35.7 Å². The zero-order chi connectivity index (χ0) is 12.5. The van der Waals surface area contributed by atoms with E-state index in [0.29, 0.717) is 11.5 Å². The predicted molar refractivity (Wildman–Crippen MR) is 67.8 cm³/mol. The van der Waals surface area contributed by atoms with Gasteiger partial charge < -0.3 is 9.84 Å². The molecule has 0 bridgehead atoms. The van der Waals surface area contributed by atoms with Crippen LogP contribution >= 0.6 is 0 Å². The van der Waals surface area contributed by atoms with Crippen molar-refractivity contribution >= 4 is 0 Å². The van der Waals surface area contributed by atoms with E-state index >= 15 is 0 Å². The second-order valence-electron chi connectivity index (χ2n) is 6.04. The molecule has 1 unspecified atom stereocenters. The van der Waals surface area contributed by atoms with E-state index in [4.69, 9.17) is 4.52 Å². The zero-order valence-electron chi connectivity index (χ0n) is 11.3. The van der Waals surface area contributed by atoms with Crippen LogP contribution in [0.15, 0.2) is 10.6 Å². The molecule has 0 aliphatic carbocycles. The van der Waals surface area contributed by atoms with Gasteiger partial charge in [-0.1, -0.05) is 25.9 Å². The standard InChI is InChI=1S/C13H23N3O/c1-10-7-11(15-17-10)8-16-6-5-14-12(9-16)13(2,3)4/h7,12,14H,5-6,8-9H2,1-4H3. The summed E-state index contributed by atoms with van der Waals surface area (Å²) in [5.41, 5.74) is 1.34. The number of hydrogen-bond donors (Lipinski definition) is 1. The van der Waals surface area contributed by atoms with E-state index in [-0.39, 0.29) is 0 Å². The van der Waals surface area contributed by atoms with Gasteiger partial charge in [-0.3, -0.25) is 4.90 Å². The molecule has 1 aromatic rings. The molecule has 0 spiro atoms. The summed E-state index contributed by atoms with van der Waals surface area (Å²) in [5, 5.41) is 7.65. The fraction of sp³-hybridized carbons (Fsp3) is 0.769. The molecule has 1 N–H and O–H groups in total. The maximum atomic E-state index is 5.11. The summed E-state index contributed by atoms with van der Waals surface area (Å²) in [4.78, 5) is 2.45. The van der Waals surface area contributed by atoms with Gasteiger partial charge in [0.15, 0.2) is 0 Å². The largest absolute Gasteiger partial charge is 0.361 e. The molecule has 0 aromatic carbocycles. The molecule has 1 atom stereocenters. The Morgan fingerprint density at radius 3 is 2.88 bits per heavy atom. The number of nitrogens with zero attached hydrogens (tertiary/aromatic N) is 2. The van der Waals surface area contributed by atoms with Crippen molar-refractivity contribution in [3.05, 3.63) is 17.5 Å². The van der Waals surface area contributed by atoms with Gasteiger partial charge in [0.1, 0.15) is 5.76 Å². The van der Waals surface area contributed by atoms with E-state index in [9.17, 15) is 0 Å². The average Bonchev–Trinajstić information content (AvgIpc) is 2.63. The maximum absolute atomic E-state index is 5.11. The molecule has 2 rings (SSSR count). The van der Waals surface area contributed by atoms with E-state index in [1.807, 2.05) is 13.0 Å². The quantitative estimate of drug-likeness (QED) is 0.851. The summed E-state index contributed by atoms with van der Waals surface area (Å²) >= 11 is 0. The summed E-state index contributed by atoms with van der Waals surface area (Å²) in [6.07, 6.45) is 0. The molecule has 17 heavy (non-hydrogen) atoms. The lowest BCUT2D eigenvalue weighted by atomic mass is 9.85. The van der Waals surface area contributed by atoms with Crippen LogP contribution in [0, 0.1) is 12.3 Å². The van der Waals surface area contributed by atoms with Gasteiger partial charge in [0, 0.05) is 38.3 Å². The summed E-state index contributed by atoms with van der Waals surface area (Å²) < 4.78 is 5.11. The van der Waals surface area contributed by atoms with Crippen LogP contribution in [0.2, 0.25) is 0 Å². The Morgan fingerprint density at radius 2 is 2.29 bits per heavy atom. The predicted octanol–water partition coefficient (Wildman–Crippen LogP) is 1.80. The number of rotatable bonds is 2. The third-order valence-electron chi connectivity index (χ3n) is 3.37. The molecule has 1 fully saturated rings. The van der Waals surface area contributed by atoms with Crippen molar-refractivity contribution in [2.45, 2.75) is 40.3 Å².